The highest BCUT2D eigenvalue weighted by molar-refractivity contribution is 6.03. The summed E-state index contributed by atoms with van der Waals surface area (Å²) in [6, 6.07) is 11.3. The predicted molar refractivity (Wildman–Crippen MR) is 113 cm³/mol. The molecule has 4 rings (SSSR count). The first-order chi connectivity index (χ1) is 14.4. The number of rotatable bonds is 7. The number of nitrogens with one attached hydrogen (secondary N) is 2. The topological polar surface area (TPSA) is 88.4 Å². The zero-order chi connectivity index (χ0) is 21.3. The third-order valence-corrected chi connectivity index (χ3v) is 6.55. The van der Waals surface area contributed by atoms with E-state index in [1.165, 1.54) is 6.42 Å². The lowest BCUT2D eigenvalue weighted by Gasteiger charge is -2.35. The standard InChI is InChI=1S/C24H28N2O4/c1-3-24(13-12-22(28)26-23(24)29)16-4-6-17(7-5-16)25-21(27)11-9-18-8-10-20(30-18)19-14-15(19)2/h4-8,10,15,19H,3,9,11-14H2,1-2H3,(H,25,27)(H,26,28,29). The van der Waals surface area contributed by atoms with Crippen molar-refractivity contribution in [3.63, 3.8) is 0 Å². The summed E-state index contributed by atoms with van der Waals surface area (Å²) in [6.07, 6.45) is 3.55. The van der Waals surface area contributed by atoms with Crippen LogP contribution in [0, 0.1) is 5.92 Å². The lowest BCUT2D eigenvalue weighted by Crippen LogP contribution is -2.51. The second-order valence-electron chi connectivity index (χ2n) is 8.56. The molecule has 1 saturated carbocycles. The van der Waals surface area contributed by atoms with Crippen LogP contribution in [0.25, 0.3) is 0 Å². The lowest BCUT2D eigenvalue weighted by molar-refractivity contribution is -0.138. The van der Waals surface area contributed by atoms with E-state index in [-0.39, 0.29) is 17.7 Å². The Bertz CT molecular complexity index is 962. The van der Waals surface area contributed by atoms with E-state index in [0.717, 1.165) is 17.1 Å². The Labute approximate surface area is 176 Å². The van der Waals surface area contributed by atoms with Crippen molar-refractivity contribution >= 4 is 23.4 Å². The minimum Gasteiger partial charge on any atom is -0.466 e. The van der Waals surface area contributed by atoms with Crippen LogP contribution in [0.1, 0.15) is 69.0 Å². The number of furan rings is 1. The Morgan fingerprint density at radius 3 is 2.57 bits per heavy atom. The molecular weight excluding hydrogens is 380 g/mol. The van der Waals surface area contributed by atoms with Gasteiger partial charge in [-0.25, -0.2) is 0 Å². The highest BCUT2D eigenvalue weighted by atomic mass is 16.3. The van der Waals surface area contributed by atoms with E-state index in [9.17, 15) is 14.4 Å². The van der Waals surface area contributed by atoms with Gasteiger partial charge in [0.05, 0.1) is 5.41 Å². The van der Waals surface area contributed by atoms with Gasteiger partial charge < -0.3 is 9.73 Å². The molecule has 2 heterocycles. The molecule has 2 N–H and O–H groups in total. The Morgan fingerprint density at radius 2 is 1.93 bits per heavy atom. The number of anilines is 1. The van der Waals surface area contributed by atoms with Crippen molar-refractivity contribution in [2.75, 3.05) is 5.32 Å². The largest absolute Gasteiger partial charge is 0.466 e. The van der Waals surface area contributed by atoms with E-state index >= 15 is 0 Å². The number of amides is 3. The second-order valence-corrected chi connectivity index (χ2v) is 8.56. The third kappa shape index (κ3) is 4.04. The Kier molecular flexibility index (Phi) is 5.50. The summed E-state index contributed by atoms with van der Waals surface area (Å²) in [7, 11) is 0. The summed E-state index contributed by atoms with van der Waals surface area (Å²) in [6.45, 7) is 4.17. The van der Waals surface area contributed by atoms with Gasteiger partial charge in [-0.2, -0.15) is 0 Å². The van der Waals surface area contributed by atoms with Crippen molar-refractivity contribution in [1.29, 1.82) is 0 Å². The monoisotopic (exact) mass is 408 g/mol. The molecule has 1 aromatic heterocycles. The molecule has 0 bridgehead atoms. The SMILES string of the molecule is CCC1(c2ccc(NC(=O)CCc3ccc(C4CC4C)o3)cc2)CCC(=O)NC1=O. The van der Waals surface area contributed by atoms with Crippen molar-refractivity contribution in [1.82, 2.24) is 5.32 Å². The highest BCUT2D eigenvalue weighted by Crippen LogP contribution is 2.47. The first-order valence-corrected chi connectivity index (χ1v) is 10.7. The molecule has 3 amide bonds. The van der Waals surface area contributed by atoms with Gasteiger partial charge in [-0.15, -0.1) is 0 Å². The molecule has 1 saturated heterocycles. The maximum atomic E-state index is 12.5. The van der Waals surface area contributed by atoms with Gasteiger partial charge in [0.1, 0.15) is 11.5 Å². The Hall–Kier alpha value is -2.89. The minimum atomic E-state index is -0.688. The number of carbonyl (C=O) groups is 3. The zero-order valence-corrected chi connectivity index (χ0v) is 17.5. The van der Waals surface area contributed by atoms with E-state index in [0.29, 0.717) is 49.6 Å². The molecule has 1 aliphatic carbocycles. The normalized spacial score (nSPS) is 25.7. The molecule has 30 heavy (non-hydrogen) atoms. The van der Waals surface area contributed by atoms with E-state index < -0.39 is 5.41 Å². The van der Waals surface area contributed by atoms with Gasteiger partial charge in [-0.3, -0.25) is 19.7 Å². The van der Waals surface area contributed by atoms with Crippen LogP contribution in [0.3, 0.4) is 0 Å². The lowest BCUT2D eigenvalue weighted by atomic mass is 9.72. The smallest absolute Gasteiger partial charge is 0.237 e. The van der Waals surface area contributed by atoms with Gasteiger partial charge in [-0.1, -0.05) is 26.0 Å². The molecule has 2 aliphatic rings. The number of hydrogen-bond donors (Lipinski definition) is 2. The molecule has 3 atom stereocenters. The van der Waals surface area contributed by atoms with Crippen molar-refractivity contribution in [2.45, 2.75) is 63.7 Å². The minimum absolute atomic E-state index is 0.0771. The van der Waals surface area contributed by atoms with Crippen LogP contribution in [0.15, 0.2) is 40.8 Å². The van der Waals surface area contributed by atoms with E-state index in [2.05, 4.69) is 17.6 Å². The fraction of sp³-hybridized carbons (Fsp3) is 0.458. The van der Waals surface area contributed by atoms with Crippen molar-refractivity contribution in [2.24, 2.45) is 5.92 Å². The van der Waals surface area contributed by atoms with Crippen LogP contribution in [0.5, 0.6) is 0 Å². The van der Waals surface area contributed by atoms with Crippen molar-refractivity contribution in [3.8, 4) is 0 Å². The molecule has 0 radical (unpaired) electrons. The van der Waals surface area contributed by atoms with Crippen LogP contribution in [0.2, 0.25) is 0 Å². The summed E-state index contributed by atoms with van der Waals surface area (Å²) >= 11 is 0. The summed E-state index contributed by atoms with van der Waals surface area (Å²) in [5.74, 6) is 2.58. The zero-order valence-electron chi connectivity index (χ0n) is 17.5. The van der Waals surface area contributed by atoms with Gasteiger partial charge in [-0.05, 0) is 55.0 Å². The van der Waals surface area contributed by atoms with Gasteiger partial charge >= 0.3 is 0 Å². The quantitative estimate of drug-likeness (QED) is 0.676. The average Bonchev–Trinajstić information content (AvgIpc) is 3.27. The Morgan fingerprint density at radius 1 is 1.20 bits per heavy atom. The fourth-order valence-electron chi connectivity index (χ4n) is 4.35. The summed E-state index contributed by atoms with van der Waals surface area (Å²) in [5, 5.41) is 5.36. The Balaban J connectivity index is 1.34. The second kappa shape index (κ2) is 8.09. The van der Waals surface area contributed by atoms with Gasteiger partial charge in [0.2, 0.25) is 17.7 Å². The van der Waals surface area contributed by atoms with Crippen molar-refractivity contribution < 1.29 is 18.8 Å². The molecule has 6 heteroatoms. The summed E-state index contributed by atoms with van der Waals surface area (Å²) in [4.78, 5) is 36.3. The van der Waals surface area contributed by atoms with Crippen LogP contribution < -0.4 is 10.6 Å². The van der Waals surface area contributed by atoms with E-state index in [4.69, 9.17) is 4.42 Å². The number of benzene rings is 1. The van der Waals surface area contributed by atoms with Crippen molar-refractivity contribution in [3.05, 3.63) is 53.5 Å². The molecule has 2 fully saturated rings. The molecule has 1 aromatic carbocycles. The maximum absolute atomic E-state index is 12.5. The van der Waals surface area contributed by atoms with Crippen LogP contribution >= 0.6 is 0 Å². The molecule has 2 aromatic rings. The number of hydrogen-bond acceptors (Lipinski definition) is 4. The first-order valence-electron chi connectivity index (χ1n) is 10.7. The number of aryl methyl sites for hydroxylation is 1. The molecule has 158 valence electrons. The van der Waals surface area contributed by atoms with Gasteiger partial charge in [0, 0.05) is 30.9 Å². The highest BCUT2D eigenvalue weighted by Gasteiger charge is 2.42. The van der Waals surface area contributed by atoms with Gasteiger partial charge in [0.25, 0.3) is 0 Å². The maximum Gasteiger partial charge on any atom is 0.237 e. The third-order valence-electron chi connectivity index (χ3n) is 6.55. The summed E-state index contributed by atoms with van der Waals surface area (Å²) < 4.78 is 5.86. The number of piperidine rings is 1. The van der Waals surface area contributed by atoms with Gasteiger partial charge in [0.15, 0.2) is 0 Å². The summed E-state index contributed by atoms with van der Waals surface area (Å²) in [5.41, 5.74) is 0.867. The van der Waals surface area contributed by atoms with E-state index in [1.807, 2.05) is 43.3 Å². The first kappa shape index (κ1) is 20.4. The fourth-order valence-corrected chi connectivity index (χ4v) is 4.35. The molecule has 1 aliphatic heterocycles. The van der Waals surface area contributed by atoms with E-state index in [1.54, 1.807) is 0 Å². The molecule has 3 unspecified atom stereocenters. The van der Waals surface area contributed by atoms with Crippen LogP contribution in [0.4, 0.5) is 5.69 Å². The molecular formula is C24H28N2O4. The number of carbonyl (C=O) groups excluding carboxylic acids is 3. The average molecular weight is 408 g/mol. The molecule has 6 nitrogen and oxygen atoms in total. The van der Waals surface area contributed by atoms with Crippen LogP contribution in [-0.4, -0.2) is 17.7 Å². The van der Waals surface area contributed by atoms with Crippen LogP contribution in [-0.2, 0) is 26.2 Å². The molecule has 0 spiro atoms. The number of imide groups is 1. The predicted octanol–water partition coefficient (Wildman–Crippen LogP) is 4.06.